The van der Waals surface area contributed by atoms with Crippen LogP contribution in [-0.4, -0.2) is 24.9 Å². The van der Waals surface area contributed by atoms with Gasteiger partial charge in [0.15, 0.2) is 0 Å². The molecule has 0 spiro atoms. The van der Waals surface area contributed by atoms with Crippen LogP contribution in [0.5, 0.6) is 5.75 Å². The summed E-state index contributed by atoms with van der Waals surface area (Å²) >= 11 is 0. The number of aliphatic hydroxyl groups is 1. The molecule has 5 heteroatoms. The fourth-order valence-electron chi connectivity index (χ4n) is 2.16. The molecular formula is C17H27N3O2. The van der Waals surface area contributed by atoms with Crippen LogP contribution in [0, 0.1) is 0 Å². The van der Waals surface area contributed by atoms with Crippen molar-refractivity contribution in [1.29, 1.82) is 0 Å². The number of nitrogens with two attached hydrogens (primary N) is 1. The van der Waals surface area contributed by atoms with Gasteiger partial charge in [-0.15, -0.1) is 0 Å². The minimum atomic E-state index is -0.102. The highest BCUT2D eigenvalue weighted by Crippen LogP contribution is 2.19. The summed E-state index contributed by atoms with van der Waals surface area (Å²) in [6.45, 7) is 5.87. The molecule has 0 saturated carbocycles. The molecule has 5 N–H and O–H groups in total. The molecule has 1 aromatic rings. The topological polar surface area (TPSA) is 79.5 Å². The summed E-state index contributed by atoms with van der Waals surface area (Å²) in [5.74, 6) is 6.03. The van der Waals surface area contributed by atoms with E-state index in [0.29, 0.717) is 5.70 Å². The van der Waals surface area contributed by atoms with Gasteiger partial charge in [-0.2, -0.15) is 0 Å². The predicted octanol–water partition coefficient (Wildman–Crippen LogP) is 2.02. The van der Waals surface area contributed by atoms with Crippen molar-refractivity contribution < 1.29 is 9.84 Å². The molecule has 0 aliphatic rings. The highest BCUT2D eigenvalue weighted by molar-refractivity contribution is 5.30. The van der Waals surface area contributed by atoms with Crippen LogP contribution in [0.15, 0.2) is 48.7 Å². The van der Waals surface area contributed by atoms with E-state index in [9.17, 15) is 5.11 Å². The van der Waals surface area contributed by atoms with Gasteiger partial charge in [-0.25, -0.2) is 0 Å². The molecule has 0 radical (unpaired) electrons. The van der Waals surface area contributed by atoms with Gasteiger partial charge < -0.3 is 20.6 Å². The number of rotatable bonds is 10. The number of nitrogens with one attached hydrogen (secondary N) is 2. The quantitative estimate of drug-likeness (QED) is 0.302. The van der Waals surface area contributed by atoms with E-state index in [-0.39, 0.29) is 18.7 Å². The van der Waals surface area contributed by atoms with E-state index < -0.39 is 0 Å². The Bertz CT molecular complexity index is 489. The zero-order chi connectivity index (χ0) is 16.4. The molecule has 0 aliphatic carbocycles. The van der Waals surface area contributed by atoms with Crippen molar-refractivity contribution in [3.63, 3.8) is 0 Å². The van der Waals surface area contributed by atoms with Gasteiger partial charge in [-0.3, -0.25) is 5.84 Å². The molecule has 22 heavy (non-hydrogen) atoms. The standard InChI is InChI=1S/C17H27N3O2/c1-13(7-4-5-8-14(2)20-18)19-17(12-21)15-9-6-10-16(11-15)22-3/h5-6,8-11,13,17,19-21H,2,4,7,12,18H2,1,3H3/b8-5-/t13-,17?/m1/s1. The number of ether oxygens (including phenoxy) is 1. The van der Waals surface area contributed by atoms with Crippen molar-refractivity contribution in [3.05, 3.63) is 54.3 Å². The number of hydrogen-bond donors (Lipinski definition) is 4. The zero-order valence-corrected chi connectivity index (χ0v) is 13.4. The maximum Gasteiger partial charge on any atom is 0.119 e. The fourth-order valence-corrected chi connectivity index (χ4v) is 2.16. The molecular weight excluding hydrogens is 278 g/mol. The second-order valence-corrected chi connectivity index (χ2v) is 5.23. The van der Waals surface area contributed by atoms with Crippen LogP contribution in [0.25, 0.3) is 0 Å². The van der Waals surface area contributed by atoms with Crippen LogP contribution < -0.4 is 21.3 Å². The van der Waals surface area contributed by atoms with Gasteiger partial charge in [0, 0.05) is 11.7 Å². The van der Waals surface area contributed by atoms with Gasteiger partial charge in [0.05, 0.1) is 19.8 Å². The molecule has 0 heterocycles. The Morgan fingerprint density at radius 2 is 2.27 bits per heavy atom. The molecule has 122 valence electrons. The third-order valence-electron chi connectivity index (χ3n) is 3.44. The maximum absolute atomic E-state index is 9.62. The number of benzene rings is 1. The zero-order valence-electron chi connectivity index (χ0n) is 13.4. The normalized spacial score (nSPS) is 13.8. The largest absolute Gasteiger partial charge is 0.497 e. The Balaban J connectivity index is 2.51. The molecule has 0 amide bonds. The maximum atomic E-state index is 9.62. The van der Waals surface area contributed by atoms with Crippen LogP contribution in [0.4, 0.5) is 0 Å². The predicted molar refractivity (Wildman–Crippen MR) is 90.3 cm³/mol. The van der Waals surface area contributed by atoms with Gasteiger partial charge in [-0.05, 0) is 43.5 Å². The van der Waals surface area contributed by atoms with E-state index in [0.717, 1.165) is 24.2 Å². The third kappa shape index (κ3) is 6.30. The van der Waals surface area contributed by atoms with E-state index in [2.05, 4.69) is 24.2 Å². The lowest BCUT2D eigenvalue weighted by Gasteiger charge is -2.22. The first-order valence-corrected chi connectivity index (χ1v) is 7.43. The van der Waals surface area contributed by atoms with Crippen LogP contribution in [0.1, 0.15) is 31.4 Å². The van der Waals surface area contributed by atoms with Crippen LogP contribution >= 0.6 is 0 Å². The van der Waals surface area contributed by atoms with Crippen molar-refractivity contribution in [3.8, 4) is 5.75 Å². The van der Waals surface area contributed by atoms with Gasteiger partial charge in [0.25, 0.3) is 0 Å². The van der Waals surface area contributed by atoms with Crippen LogP contribution in [-0.2, 0) is 0 Å². The van der Waals surface area contributed by atoms with E-state index in [1.165, 1.54) is 0 Å². The molecule has 0 aliphatic heterocycles. The van der Waals surface area contributed by atoms with Gasteiger partial charge in [0.2, 0.25) is 0 Å². The van der Waals surface area contributed by atoms with Crippen LogP contribution in [0.2, 0.25) is 0 Å². The number of hydrogen-bond acceptors (Lipinski definition) is 5. The number of allylic oxidation sites excluding steroid dienone is 2. The lowest BCUT2D eigenvalue weighted by Crippen LogP contribution is -2.32. The average Bonchev–Trinajstić information content (AvgIpc) is 2.56. The molecule has 2 atom stereocenters. The Kier molecular flexibility index (Phi) is 8.28. The monoisotopic (exact) mass is 305 g/mol. The summed E-state index contributed by atoms with van der Waals surface area (Å²) in [7, 11) is 1.64. The molecule has 0 bridgehead atoms. The average molecular weight is 305 g/mol. The van der Waals surface area contributed by atoms with E-state index in [1.807, 2.05) is 36.4 Å². The minimum absolute atomic E-state index is 0.0429. The van der Waals surface area contributed by atoms with E-state index in [1.54, 1.807) is 7.11 Å². The summed E-state index contributed by atoms with van der Waals surface area (Å²) in [5.41, 5.74) is 4.19. The summed E-state index contributed by atoms with van der Waals surface area (Å²) in [5, 5.41) is 13.1. The summed E-state index contributed by atoms with van der Waals surface area (Å²) < 4.78 is 5.22. The van der Waals surface area contributed by atoms with Crippen molar-refractivity contribution in [2.45, 2.75) is 31.8 Å². The van der Waals surface area contributed by atoms with E-state index in [4.69, 9.17) is 10.6 Å². The second kappa shape index (κ2) is 10.00. The Labute approximate surface area is 132 Å². The Morgan fingerprint density at radius 3 is 2.91 bits per heavy atom. The first kappa shape index (κ1) is 18.2. The fraction of sp³-hybridized carbons (Fsp3) is 0.412. The van der Waals surface area contributed by atoms with Gasteiger partial charge in [-0.1, -0.05) is 24.8 Å². The Morgan fingerprint density at radius 1 is 1.50 bits per heavy atom. The summed E-state index contributed by atoms with van der Waals surface area (Å²) in [6, 6.07) is 7.92. The second-order valence-electron chi connectivity index (χ2n) is 5.23. The minimum Gasteiger partial charge on any atom is -0.497 e. The molecule has 0 fully saturated rings. The van der Waals surface area contributed by atoms with Gasteiger partial charge >= 0.3 is 0 Å². The van der Waals surface area contributed by atoms with Crippen molar-refractivity contribution in [2.24, 2.45) is 5.84 Å². The third-order valence-corrected chi connectivity index (χ3v) is 3.44. The molecule has 0 aromatic heterocycles. The first-order valence-electron chi connectivity index (χ1n) is 7.43. The van der Waals surface area contributed by atoms with Crippen LogP contribution in [0.3, 0.4) is 0 Å². The van der Waals surface area contributed by atoms with Crippen molar-refractivity contribution in [2.75, 3.05) is 13.7 Å². The number of hydrazine groups is 1. The highest BCUT2D eigenvalue weighted by atomic mass is 16.5. The smallest absolute Gasteiger partial charge is 0.119 e. The molecule has 5 nitrogen and oxygen atoms in total. The van der Waals surface area contributed by atoms with Gasteiger partial charge in [0.1, 0.15) is 5.75 Å². The molecule has 1 aromatic carbocycles. The lowest BCUT2D eigenvalue weighted by molar-refractivity contribution is 0.233. The summed E-state index contributed by atoms with van der Waals surface area (Å²) in [6.07, 6.45) is 5.75. The van der Waals surface area contributed by atoms with Crippen molar-refractivity contribution >= 4 is 0 Å². The Hall–Kier alpha value is -1.82. The number of aliphatic hydroxyl groups excluding tert-OH is 1. The highest BCUT2D eigenvalue weighted by Gasteiger charge is 2.13. The summed E-state index contributed by atoms with van der Waals surface area (Å²) in [4.78, 5) is 0. The molecule has 1 unspecified atom stereocenters. The van der Waals surface area contributed by atoms with E-state index >= 15 is 0 Å². The SMILES string of the molecule is C=C(/C=C\CC[C@@H](C)NC(CO)c1cccc(OC)c1)NN. The van der Waals surface area contributed by atoms with Crippen molar-refractivity contribution in [1.82, 2.24) is 10.7 Å². The molecule has 1 rings (SSSR count). The first-order chi connectivity index (χ1) is 10.6. The number of methoxy groups -OCH3 is 1. The lowest BCUT2D eigenvalue weighted by atomic mass is 10.0. The molecule has 0 saturated heterocycles.